The minimum Gasteiger partial charge on any atom is -0.485 e. The first-order valence-electron chi connectivity index (χ1n) is 8.30. The first-order valence-corrected chi connectivity index (χ1v) is 8.30. The average molecular weight is 332 g/mol. The highest BCUT2D eigenvalue weighted by Gasteiger charge is 2.15. The maximum Gasteiger partial charge on any atom is 0.311 e. The second kappa shape index (κ2) is 10.5. The van der Waals surface area contributed by atoms with Crippen LogP contribution < -0.4 is 14.2 Å². The molecule has 0 heterocycles. The van der Waals surface area contributed by atoms with Gasteiger partial charge in [-0.25, -0.2) is 0 Å². The van der Waals surface area contributed by atoms with Crippen molar-refractivity contribution in [2.75, 3.05) is 13.2 Å². The molecule has 1 aromatic carbocycles. The van der Waals surface area contributed by atoms with Gasteiger partial charge in [-0.2, -0.15) is 0 Å². The van der Waals surface area contributed by atoms with Crippen LogP contribution in [0.3, 0.4) is 0 Å². The van der Waals surface area contributed by atoms with Crippen molar-refractivity contribution in [2.24, 2.45) is 0 Å². The van der Waals surface area contributed by atoms with Crippen molar-refractivity contribution in [2.45, 2.75) is 47.5 Å². The van der Waals surface area contributed by atoms with E-state index in [0.29, 0.717) is 36.9 Å². The quantitative estimate of drug-likeness (QED) is 0.359. The van der Waals surface area contributed by atoms with Crippen molar-refractivity contribution in [3.8, 4) is 17.2 Å². The lowest BCUT2D eigenvalue weighted by Crippen LogP contribution is -2.09. The largest absolute Gasteiger partial charge is 0.485 e. The fourth-order valence-electron chi connectivity index (χ4n) is 1.80. The number of ether oxygens (including phenoxy) is 3. The summed E-state index contributed by atoms with van der Waals surface area (Å²) >= 11 is 0. The Morgan fingerprint density at radius 1 is 0.958 bits per heavy atom. The molecule has 132 valence electrons. The van der Waals surface area contributed by atoms with Crippen LogP contribution >= 0.6 is 0 Å². The standard InChI is InChI=1S/C20H28O4/c1-6-8-19(21)24-18-10-7-9-17(22-13-11-15(2)3)20(18)23-14-12-16(4)5/h7,9-12H,6,8,13-14H2,1-5H3. The van der Waals surface area contributed by atoms with Gasteiger partial charge in [-0.05, 0) is 58.4 Å². The van der Waals surface area contributed by atoms with Gasteiger partial charge in [0, 0.05) is 6.42 Å². The molecule has 4 heteroatoms. The van der Waals surface area contributed by atoms with Crippen LogP contribution in [0.1, 0.15) is 47.5 Å². The molecule has 0 radical (unpaired) electrons. The van der Waals surface area contributed by atoms with Crippen LogP contribution in [0.25, 0.3) is 0 Å². The molecule has 0 unspecified atom stereocenters. The minimum absolute atomic E-state index is 0.272. The first kappa shape index (κ1) is 19.8. The van der Waals surface area contributed by atoms with Gasteiger partial charge in [0.05, 0.1) is 0 Å². The van der Waals surface area contributed by atoms with Crippen molar-refractivity contribution in [1.29, 1.82) is 0 Å². The lowest BCUT2D eigenvalue weighted by Gasteiger charge is -2.15. The average Bonchev–Trinajstić information content (AvgIpc) is 2.49. The monoisotopic (exact) mass is 332 g/mol. The van der Waals surface area contributed by atoms with E-state index < -0.39 is 0 Å². The normalized spacial score (nSPS) is 9.88. The molecule has 0 N–H and O–H groups in total. The van der Waals surface area contributed by atoms with Gasteiger partial charge in [-0.1, -0.05) is 24.1 Å². The molecular formula is C20H28O4. The van der Waals surface area contributed by atoms with Crippen LogP contribution in [0.5, 0.6) is 17.2 Å². The van der Waals surface area contributed by atoms with E-state index in [9.17, 15) is 4.79 Å². The van der Waals surface area contributed by atoms with E-state index in [2.05, 4.69) is 0 Å². The van der Waals surface area contributed by atoms with Crippen LogP contribution in [-0.4, -0.2) is 19.2 Å². The van der Waals surface area contributed by atoms with Crippen LogP contribution in [0.15, 0.2) is 41.5 Å². The molecular weight excluding hydrogens is 304 g/mol. The van der Waals surface area contributed by atoms with Crippen LogP contribution in [0.2, 0.25) is 0 Å². The van der Waals surface area contributed by atoms with E-state index in [-0.39, 0.29) is 5.97 Å². The third kappa shape index (κ3) is 7.36. The summed E-state index contributed by atoms with van der Waals surface area (Å²) in [5.74, 6) is 1.15. The molecule has 0 aliphatic rings. The lowest BCUT2D eigenvalue weighted by atomic mass is 10.2. The highest BCUT2D eigenvalue weighted by Crippen LogP contribution is 2.37. The van der Waals surface area contributed by atoms with Crippen LogP contribution in [0, 0.1) is 0 Å². The Labute approximate surface area is 145 Å². The van der Waals surface area contributed by atoms with E-state index >= 15 is 0 Å². The van der Waals surface area contributed by atoms with Gasteiger partial charge in [-0.15, -0.1) is 0 Å². The van der Waals surface area contributed by atoms with Crippen LogP contribution in [-0.2, 0) is 4.79 Å². The van der Waals surface area contributed by atoms with Crippen molar-refractivity contribution >= 4 is 5.97 Å². The second-order valence-electron chi connectivity index (χ2n) is 5.99. The number of rotatable bonds is 9. The molecule has 1 rings (SSSR count). The van der Waals surface area contributed by atoms with Gasteiger partial charge in [0.1, 0.15) is 13.2 Å². The zero-order valence-corrected chi connectivity index (χ0v) is 15.3. The zero-order valence-electron chi connectivity index (χ0n) is 15.3. The Morgan fingerprint density at radius 3 is 2.12 bits per heavy atom. The highest BCUT2D eigenvalue weighted by atomic mass is 16.6. The van der Waals surface area contributed by atoms with Gasteiger partial charge in [0.2, 0.25) is 5.75 Å². The fraction of sp³-hybridized carbons (Fsp3) is 0.450. The van der Waals surface area contributed by atoms with E-state index in [4.69, 9.17) is 14.2 Å². The number of allylic oxidation sites excluding steroid dienone is 2. The van der Waals surface area contributed by atoms with E-state index in [1.807, 2.05) is 52.8 Å². The van der Waals surface area contributed by atoms with Crippen LogP contribution in [0.4, 0.5) is 0 Å². The molecule has 0 aromatic heterocycles. The number of benzene rings is 1. The second-order valence-corrected chi connectivity index (χ2v) is 5.99. The first-order chi connectivity index (χ1) is 11.4. The maximum absolute atomic E-state index is 11.8. The Bertz CT molecular complexity index is 592. The summed E-state index contributed by atoms with van der Waals surface area (Å²) < 4.78 is 17.0. The summed E-state index contributed by atoms with van der Waals surface area (Å²) in [6.07, 6.45) is 5.06. The number of carbonyl (C=O) groups is 1. The van der Waals surface area contributed by atoms with Gasteiger partial charge in [0.15, 0.2) is 11.5 Å². The fourth-order valence-corrected chi connectivity index (χ4v) is 1.80. The summed E-state index contributed by atoms with van der Waals surface area (Å²) in [6.45, 7) is 10.8. The van der Waals surface area contributed by atoms with E-state index in [0.717, 1.165) is 12.0 Å². The number of esters is 1. The molecule has 0 atom stereocenters. The van der Waals surface area contributed by atoms with E-state index in [1.165, 1.54) is 5.57 Å². The number of hydrogen-bond donors (Lipinski definition) is 0. The molecule has 0 spiro atoms. The van der Waals surface area contributed by atoms with Crippen molar-refractivity contribution in [1.82, 2.24) is 0 Å². The van der Waals surface area contributed by atoms with Gasteiger partial charge in [0.25, 0.3) is 0 Å². The smallest absolute Gasteiger partial charge is 0.311 e. The summed E-state index contributed by atoms with van der Waals surface area (Å²) in [7, 11) is 0. The number of para-hydroxylation sites is 1. The Kier molecular flexibility index (Phi) is 8.69. The van der Waals surface area contributed by atoms with Gasteiger partial charge in [-0.3, -0.25) is 4.79 Å². The van der Waals surface area contributed by atoms with Crippen molar-refractivity contribution < 1.29 is 19.0 Å². The Morgan fingerprint density at radius 2 is 1.54 bits per heavy atom. The predicted octanol–water partition coefficient (Wildman–Crippen LogP) is 5.08. The molecule has 4 nitrogen and oxygen atoms in total. The summed E-state index contributed by atoms with van der Waals surface area (Å²) in [5, 5.41) is 0. The third-order valence-electron chi connectivity index (χ3n) is 3.07. The Hall–Kier alpha value is -2.23. The van der Waals surface area contributed by atoms with Crippen molar-refractivity contribution in [3.63, 3.8) is 0 Å². The minimum atomic E-state index is -0.272. The summed E-state index contributed by atoms with van der Waals surface area (Å²) in [4.78, 5) is 11.8. The molecule has 0 saturated heterocycles. The molecule has 0 aliphatic carbocycles. The molecule has 1 aromatic rings. The Balaban J connectivity index is 3.00. The number of carbonyl (C=O) groups excluding carboxylic acids is 1. The van der Waals surface area contributed by atoms with Crippen molar-refractivity contribution in [3.05, 3.63) is 41.5 Å². The highest BCUT2D eigenvalue weighted by molar-refractivity contribution is 5.73. The SMILES string of the molecule is CCCC(=O)Oc1cccc(OCC=C(C)C)c1OCC=C(C)C. The third-order valence-corrected chi connectivity index (χ3v) is 3.07. The molecule has 24 heavy (non-hydrogen) atoms. The molecule has 0 amide bonds. The molecule has 0 fully saturated rings. The van der Waals surface area contributed by atoms with Gasteiger partial charge >= 0.3 is 5.97 Å². The number of hydrogen-bond acceptors (Lipinski definition) is 4. The zero-order chi connectivity index (χ0) is 17.9. The van der Waals surface area contributed by atoms with E-state index in [1.54, 1.807) is 12.1 Å². The molecule has 0 saturated carbocycles. The summed E-state index contributed by atoms with van der Waals surface area (Å²) in [5.41, 5.74) is 2.33. The van der Waals surface area contributed by atoms with Gasteiger partial charge < -0.3 is 14.2 Å². The maximum atomic E-state index is 11.8. The molecule has 0 bridgehead atoms. The summed E-state index contributed by atoms with van der Waals surface area (Å²) in [6, 6.07) is 5.33. The lowest BCUT2D eigenvalue weighted by molar-refractivity contribution is -0.134. The molecule has 0 aliphatic heterocycles. The topological polar surface area (TPSA) is 44.8 Å². The predicted molar refractivity (Wildman–Crippen MR) is 96.8 cm³/mol.